The van der Waals surface area contributed by atoms with E-state index < -0.39 is 0 Å². The Balaban J connectivity index is 2.15. The Morgan fingerprint density at radius 1 is 1.47 bits per heavy atom. The van der Waals surface area contributed by atoms with Gasteiger partial charge in [0.05, 0.1) is 12.7 Å². The van der Waals surface area contributed by atoms with E-state index in [1.807, 2.05) is 0 Å². The molecule has 0 saturated carbocycles. The van der Waals surface area contributed by atoms with Gasteiger partial charge in [-0.3, -0.25) is 0 Å². The maximum Gasteiger partial charge on any atom is 0.123 e. The van der Waals surface area contributed by atoms with E-state index >= 15 is 0 Å². The number of ether oxygens (including phenoxy) is 1. The van der Waals surface area contributed by atoms with E-state index in [4.69, 9.17) is 9.84 Å². The van der Waals surface area contributed by atoms with Crippen LogP contribution in [0, 0.1) is 11.2 Å². The molecule has 1 fully saturated rings. The molecule has 0 amide bonds. The van der Waals surface area contributed by atoms with E-state index in [0.717, 1.165) is 12.0 Å². The van der Waals surface area contributed by atoms with Crippen molar-refractivity contribution in [3.05, 3.63) is 35.6 Å². The second kappa shape index (κ2) is 3.91. The van der Waals surface area contributed by atoms with Crippen molar-refractivity contribution in [3.8, 4) is 0 Å². The summed E-state index contributed by atoms with van der Waals surface area (Å²) in [4.78, 5) is 0. The molecule has 15 heavy (non-hydrogen) atoms. The lowest BCUT2D eigenvalue weighted by Gasteiger charge is -2.47. The lowest BCUT2D eigenvalue weighted by atomic mass is 9.74. The summed E-state index contributed by atoms with van der Waals surface area (Å²) >= 11 is 0. The first-order valence-corrected chi connectivity index (χ1v) is 5.14. The summed E-state index contributed by atoms with van der Waals surface area (Å²) in [6, 6.07) is 6.37. The number of aliphatic hydroxyl groups excluding tert-OH is 1. The molecule has 82 valence electrons. The molecular formula is C12H15FO2. The molecule has 1 aliphatic heterocycles. The second-order valence-electron chi connectivity index (χ2n) is 4.37. The lowest BCUT2D eigenvalue weighted by molar-refractivity contribution is -0.188. The van der Waals surface area contributed by atoms with Crippen LogP contribution in [-0.2, 0) is 4.74 Å². The number of hydrogen-bond acceptors (Lipinski definition) is 2. The average molecular weight is 210 g/mol. The van der Waals surface area contributed by atoms with Gasteiger partial charge in [-0.15, -0.1) is 0 Å². The summed E-state index contributed by atoms with van der Waals surface area (Å²) < 4.78 is 18.2. The van der Waals surface area contributed by atoms with E-state index in [1.165, 1.54) is 12.1 Å². The van der Waals surface area contributed by atoms with Crippen LogP contribution in [0.5, 0.6) is 0 Å². The van der Waals surface area contributed by atoms with Crippen molar-refractivity contribution in [2.24, 2.45) is 5.41 Å². The molecule has 0 unspecified atom stereocenters. The van der Waals surface area contributed by atoms with Gasteiger partial charge in [-0.25, -0.2) is 4.39 Å². The van der Waals surface area contributed by atoms with Gasteiger partial charge in [0, 0.05) is 12.0 Å². The molecule has 1 aromatic rings. The summed E-state index contributed by atoms with van der Waals surface area (Å²) in [6.07, 6.45) is 0.708. The highest BCUT2D eigenvalue weighted by Gasteiger charge is 2.44. The predicted molar refractivity (Wildman–Crippen MR) is 54.9 cm³/mol. The highest BCUT2D eigenvalue weighted by Crippen LogP contribution is 2.48. The van der Waals surface area contributed by atoms with Gasteiger partial charge in [-0.05, 0) is 24.1 Å². The number of aliphatic hydroxyl groups is 1. The maximum atomic E-state index is 12.7. The Kier molecular flexibility index (Phi) is 2.76. The van der Waals surface area contributed by atoms with Gasteiger partial charge in [0.2, 0.25) is 0 Å². The highest BCUT2D eigenvalue weighted by atomic mass is 19.1. The summed E-state index contributed by atoms with van der Waals surface area (Å²) in [7, 11) is 0. The van der Waals surface area contributed by atoms with Crippen LogP contribution >= 0.6 is 0 Å². The Bertz CT molecular complexity index is 336. The number of halogens is 1. The van der Waals surface area contributed by atoms with E-state index in [1.54, 1.807) is 12.1 Å². The van der Waals surface area contributed by atoms with Gasteiger partial charge >= 0.3 is 0 Å². The minimum atomic E-state index is -0.234. The smallest absolute Gasteiger partial charge is 0.123 e. The molecule has 1 N–H and O–H groups in total. The van der Waals surface area contributed by atoms with Crippen LogP contribution in [-0.4, -0.2) is 18.3 Å². The minimum absolute atomic E-state index is 0.00736. The fourth-order valence-electron chi connectivity index (χ4n) is 2.05. The van der Waals surface area contributed by atoms with Gasteiger partial charge in [-0.2, -0.15) is 0 Å². The van der Waals surface area contributed by atoms with Gasteiger partial charge in [0.25, 0.3) is 0 Å². The standard InChI is InChI=1S/C12H15FO2/c1-12(6-7-14)8-15-11(12)9-2-4-10(13)5-3-9/h2-5,11,14H,6-8H2,1H3/t11-,12-/m1/s1. The molecule has 3 heteroatoms. The Morgan fingerprint density at radius 3 is 2.60 bits per heavy atom. The molecule has 0 aliphatic carbocycles. The SMILES string of the molecule is C[C@@]1(CCO)CO[C@@H]1c1ccc(F)cc1. The molecular weight excluding hydrogens is 195 g/mol. The zero-order valence-electron chi connectivity index (χ0n) is 8.74. The minimum Gasteiger partial charge on any atom is -0.396 e. The molecule has 0 spiro atoms. The third-order valence-electron chi connectivity index (χ3n) is 3.07. The zero-order valence-corrected chi connectivity index (χ0v) is 8.74. The molecule has 1 aliphatic rings. The second-order valence-corrected chi connectivity index (χ2v) is 4.37. The quantitative estimate of drug-likeness (QED) is 0.829. The summed E-state index contributed by atoms with van der Waals surface area (Å²) in [5, 5.41) is 8.96. The van der Waals surface area contributed by atoms with Crippen LogP contribution < -0.4 is 0 Å². The third kappa shape index (κ3) is 1.90. The van der Waals surface area contributed by atoms with Crippen molar-refractivity contribution in [1.82, 2.24) is 0 Å². The average Bonchev–Trinajstić information content (AvgIpc) is 2.20. The van der Waals surface area contributed by atoms with Gasteiger partial charge < -0.3 is 9.84 Å². The fourth-order valence-corrected chi connectivity index (χ4v) is 2.05. The van der Waals surface area contributed by atoms with E-state index in [0.29, 0.717) is 6.61 Å². The molecule has 1 heterocycles. The van der Waals surface area contributed by atoms with Gasteiger partial charge in [-0.1, -0.05) is 19.1 Å². The molecule has 2 nitrogen and oxygen atoms in total. The lowest BCUT2D eigenvalue weighted by Crippen LogP contribution is -2.43. The van der Waals surface area contributed by atoms with Crippen LogP contribution in [0.3, 0.4) is 0 Å². The molecule has 0 bridgehead atoms. The summed E-state index contributed by atoms with van der Waals surface area (Å²) in [5.74, 6) is -0.234. The van der Waals surface area contributed by atoms with Crippen molar-refractivity contribution in [1.29, 1.82) is 0 Å². The monoisotopic (exact) mass is 210 g/mol. The maximum absolute atomic E-state index is 12.7. The van der Waals surface area contributed by atoms with Crippen LogP contribution in [0.2, 0.25) is 0 Å². The first kappa shape index (κ1) is 10.6. The molecule has 2 rings (SSSR count). The van der Waals surface area contributed by atoms with E-state index in [9.17, 15) is 4.39 Å². The topological polar surface area (TPSA) is 29.5 Å². The Morgan fingerprint density at radius 2 is 2.13 bits per heavy atom. The Labute approximate surface area is 88.7 Å². The van der Waals surface area contributed by atoms with Crippen LogP contribution in [0.15, 0.2) is 24.3 Å². The molecule has 1 aromatic carbocycles. The first-order valence-electron chi connectivity index (χ1n) is 5.14. The third-order valence-corrected chi connectivity index (χ3v) is 3.07. The normalized spacial score (nSPS) is 29.9. The van der Waals surface area contributed by atoms with Crippen molar-refractivity contribution in [2.45, 2.75) is 19.4 Å². The molecule has 0 radical (unpaired) electrons. The first-order chi connectivity index (χ1) is 7.15. The summed E-state index contributed by atoms with van der Waals surface area (Å²) in [6.45, 7) is 2.91. The van der Waals surface area contributed by atoms with Gasteiger partial charge in [0.15, 0.2) is 0 Å². The molecule has 0 aromatic heterocycles. The fraction of sp³-hybridized carbons (Fsp3) is 0.500. The van der Waals surface area contributed by atoms with Crippen molar-refractivity contribution >= 4 is 0 Å². The molecule has 1 saturated heterocycles. The van der Waals surface area contributed by atoms with E-state index in [-0.39, 0.29) is 23.9 Å². The van der Waals surface area contributed by atoms with Gasteiger partial charge in [0.1, 0.15) is 5.82 Å². The largest absolute Gasteiger partial charge is 0.396 e. The highest BCUT2D eigenvalue weighted by molar-refractivity contribution is 5.22. The van der Waals surface area contributed by atoms with Crippen molar-refractivity contribution < 1.29 is 14.2 Å². The van der Waals surface area contributed by atoms with Crippen LogP contribution in [0.4, 0.5) is 4.39 Å². The predicted octanol–water partition coefficient (Wildman–Crippen LogP) is 2.29. The van der Waals surface area contributed by atoms with Crippen molar-refractivity contribution in [2.75, 3.05) is 13.2 Å². The number of rotatable bonds is 3. The number of hydrogen-bond donors (Lipinski definition) is 1. The van der Waals surface area contributed by atoms with Crippen molar-refractivity contribution in [3.63, 3.8) is 0 Å². The zero-order chi connectivity index (χ0) is 10.9. The Hall–Kier alpha value is -0.930. The number of benzene rings is 1. The molecule has 2 atom stereocenters. The van der Waals surface area contributed by atoms with Crippen LogP contribution in [0.1, 0.15) is 25.0 Å². The van der Waals surface area contributed by atoms with Crippen LogP contribution in [0.25, 0.3) is 0 Å². The van der Waals surface area contributed by atoms with E-state index in [2.05, 4.69) is 6.92 Å². The summed E-state index contributed by atoms with van der Waals surface area (Å²) in [5.41, 5.74) is 0.977.